The number of aliphatic hydroxyl groups excluding tert-OH is 2. The van der Waals surface area contributed by atoms with Crippen LogP contribution < -0.4 is 5.32 Å². The van der Waals surface area contributed by atoms with Crippen molar-refractivity contribution in [3.63, 3.8) is 0 Å². The third kappa shape index (κ3) is 6.57. The van der Waals surface area contributed by atoms with E-state index in [1.54, 1.807) is 0 Å². The summed E-state index contributed by atoms with van der Waals surface area (Å²) in [7, 11) is -1.30. The average Bonchev–Trinajstić information content (AvgIpc) is 1.97. The summed E-state index contributed by atoms with van der Waals surface area (Å²) >= 11 is 0. The zero-order chi connectivity index (χ0) is 9.56. The maximum atomic E-state index is 9.01. The van der Waals surface area contributed by atoms with E-state index in [9.17, 15) is 0 Å². The van der Waals surface area contributed by atoms with Crippen molar-refractivity contribution in [3.8, 4) is 0 Å². The second kappa shape index (κ2) is 6.39. The van der Waals surface area contributed by atoms with Crippen molar-refractivity contribution in [3.05, 3.63) is 0 Å². The molecule has 2 unspecified atom stereocenters. The molecule has 0 saturated carbocycles. The van der Waals surface area contributed by atoms with Gasteiger partial charge < -0.3 is 20.3 Å². The number of hydrogen-bond donors (Lipinski definition) is 5. The lowest BCUT2D eigenvalue weighted by Gasteiger charge is -2.14. The van der Waals surface area contributed by atoms with Gasteiger partial charge in [-0.2, -0.15) is 0 Å². The van der Waals surface area contributed by atoms with Crippen molar-refractivity contribution in [2.75, 3.05) is 6.54 Å². The molecule has 0 saturated heterocycles. The molecule has 0 bridgehead atoms. The van der Waals surface area contributed by atoms with Crippen LogP contribution in [0, 0.1) is 0 Å². The Morgan fingerprint density at radius 1 is 1.33 bits per heavy atom. The molecule has 0 heterocycles. The van der Waals surface area contributed by atoms with E-state index in [1.807, 2.05) is 0 Å². The summed E-state index contributed by atoms with van der Waals surface area (Å²) in [6.45, 7) is 1.92. The SMILES string of the molecule is CC(O)C(O)NCCCB(O)O. The van der Waals surface area contributed by atoms with Gasteiger partial charge in [0.05, 0.1) is 6.10 Å². The topological polar surface area (TPSA) is 93.0 Å². The van der Waals surface area contributed by atoms with Crippen LogP contribution in [-0.2, 0) is 0 Å². The lowest BCUT2D eigenvalue weighted by molar-refractivity contribution is 0.00959. The van der Waals surface area contributed by atoms with E-state index in [1.165, 1.54) is 6.92 Å². The molecule has 0 aromatic rings. The molecule has 5 N–H and O–H groups in total. The van der Waals surface area contributed by atoms with Gasteiger partial charge in [-0.15, -0.1) is 0 Å². The van der Waals surface area contributed by atoms with Gasteiger partial charge in [0.2, 0.25) is 0 Å². The molecule has 5 nitrogen and oxygen atoms in total. The maximum Gasteiger partial charge on any atom is 0.451 e. The zero-order valence-electron chi connectivity index (χ0n) is 7.14. The molecular formula is C6H16BNO4. The summed E-state index contributed by atoms with van der Waals surface area (Å²) in [6, 6.07) is 0. The third-order valence-corrected chi connectivity index (χ3v) is 1.45. The molecule has 0 fully saturated rings. The Bertz CT molecular complexity index is 112. The molecule has 0 spiro atoms. The summed E-state index contributed by atoms with van der Waals surface area (Å²) in [5.41, 5.74) is 0. The van der Waals surface area contributed by atoms with E-state index in [4.69, 9.17) is 20.3 Å². The Hall–Kier alpha value is -0.135. The van der Waals surface area contributed by atoms with Gasteiger partial charge in [0.15, 0.2) is 0 Å². The number of rotatable bonds is 6. The number of hydrogen-bond acceptors (Lipinski definition) is 5. The minimum absolute atomic E-state index is 0.263. The Labute approximate surface area is 72.2 Å². The van der Waals surface area contributed by atoms with Crippen molar-refractivity contribution in [1.29, 1.82) is 0 Å². The largest absolute Gasteiger partial charge is 0.451 e. The number of nitrogens with one attached hydrogen (secondary N) is 1. The third-order valence-electron chi connectivity index (χ3n) is 1.45. The zero-order valence-corrected chi connectivity index (χ0v) is 7.14. The molecule has 0 rings (SSSR count). The highest BCUT2D eigenvalue weighted by Gasteiger charge is 2.10. The monoisotopic (exact) mass is 177 g/mol. The van der Waals surface area contributed by atoms with Gasteiger partial charge in [0, 0.05) is 0 Å². The average molecular weight is 177 g/mol. The van der Waals surface area contributed by atoms with E-state index in [-0.39, 0.29) is 6.32 Å². The quantitative estimate of drug-likeness (QED) is 0.186. The van der Waals surface area contributed by atoms with Gasteiger partial charge in [-0.05, 0) is 26.2 Å². The predicted octanol–water partition coefficient (Wildman–Crippen LogP) is -1.86. The van der Waals surface area contributed by atoms with Gasteiger partial charge in [0.1, 0.15) is 6.23 Å². The molecule has 0 aromatic carbocycles. The lowest BCUT2D eigenvalue weighted by Crippen LogP contribution is -2.38. The van der Waals surface area contributed by atoms with Gasteiger partial charge in [-0.3, -0.25) is 5.32 Å². The van der Waals surface area contributed by atoms with Crippen molar-refractivity contribution in [2.24, 2.45) is 0 Å². The summed E-state index contributed by atoms with van der Waals surface area (Å²) in [6.07, 6.45) is -0.953. The molecule has 2 atom stereocenters. The van der Waals surface area contributed by atoms with Crippen LogP contribution >= 0.6 is 0 Å². The molecule has 72 valence electrons. The van der Waals surface area contributed by atoms with E-state index < -0.39 is 19.5 Å². The second-order valence-electron chi connectivity index (χ2n) is 2.76. The predicted molar refractivity (Wildman–Crippen MR) is 45.3 cm³/mol. The van der Waals surface area contributed by atoms with Gasteiger partial charge in [-0.25, -0.2) is 0 Å². The van der Waals surface area contributed by atoms with E-state index in [0.717, 1.165) is 0 Å². The first kappa shape index (κ1) is 11.9. The standard InChI is InChI=1S/C6H16BNO4/c1-5(9)6(10)8-4-2-3-7(11)12/h5-6,8-12H,2-4H2,1H3. The number of aliphatic hydroxyl groups is 2. The highest BCUT2D eigenvalue weighted by molar-refractivity contribution is 6.40. The van der Waals surface area contributed by atoms with Crippen LogP contribution in [0.4, 0.5) is 0 Å². The van der Waals surface area contributed by atoms with Crippen LogP contribution in [0.15, 0.2) is 0 Å². The van der Waals surface area contributed by atoms with E-state index >= 15 is 0 Å². The molecule has 0 aliphatic rings. The van der Waals surface area contributed by atoms with Crippen LogP contribution in [0.3, 0.4) is 0 Å². The Morgan fingerprint density at radius 2 is 1.92 bits per heavy atom. The molecule has 0 radical (unpaired) electrons. The highest BCUT2D eigenvalue weighted by Crippen LogP contribution is 1.92. The summed E-state index contributed by atoms with van der Waals surface area (Å²) in [4.78, 5) is 0. The van der Waals surface area contributed by atoms with Crippen LogP contribution in [0.25, 0.3) is 0 Å². The minimum Gasteiger partial charge on any atom is -0.427 e. The molecule has 6 heteroatoms. The fourth-order valence-electron chi connectivity index (χ4n) is 0.705. The molecule has 0 amide bonds. The van der Waals surface area contributed by atoms with Crippen LogP contribution in [0.1, 0.15) is 13.3 Å². The van der Waals surface area contributed by atoms with Crippen LogP contribution in [-0.4, -0.2) is 46.3 Å². The molecule has 0 aliphatic carbocycles. The Morgan fingerprint density at radius 3 is 2.33 bits per heavy atom. The molecule has 0 aromatic heterocycles. The Balaban J connectivity index is 3.20. The maximum absolute atomic E-state index is 9.01. The lowest BCUT2D eigenvalue weighted by atomic mass is 9.84. The first-order valence-corrected chi connectivity index (χ1v) is 3.99. The summed E-state index contributed by atoms with van der Waals surface area (Å²) in [5, 5.41) is 37.3. The normalized spacial score (nSPS) is 15.8. The van der Waals surface area contributed by atoms with Gasteiger partial charge >= 0.3 is 7.12 Å². The molecule has 0 aliphatic heterocycles. The van der Waals surface area contributed by atoms with Crippen molar-refractivity contribution < 1.29 is 20.3 Å². The van der Waals surface area contributed by atoms with Crippen LogP contribution in [0.2, 0.25) is 6.32 Å². The second-order valence-corrected chi connectivity index (χ2v) is 2.76. The van der Waals surface area contributed by atoms with Crippen LogP contribution in [0.5, 0.6) is 0 Å². The minimum atomic E-state index is -1.30. The van der Waals surface area contributed by atoms with Crippen molar-refractivity contribution in [1.82, 2.24) is 5.32 Å². The first-order valence-electron chi connectivity index (χ1n) is 3.99. The van der Waals surface area contributed by atoms with E-state index in [2.05, 4.69) is 5.32 Å². The fraction of sp³-hybridized carbons (Fsp3) is 1.00. The first-order chi connectivity index (χ1) is 5.54. The van der Waals surface area contributed by atoms with Crippen molar-refractivity contribution in [2.45, 2.75) is 32.0 Å². The van der Waals surface area contributed by atoms with E-state index in [0.29, 0.717) is 13.0 Å². The van der Waals surface area contributed by atoms with Gasteiger partial charge in [-0.1, -0.05) is 0 Å². The van der Waals surface area contributed by atoms with Gasteiger partial charge in [0.25, 0.3) is 0 Å². The molecular weight excluding hydrogens is 161 g/mol. The smallest absolute Gasteiger partial charge is 0.427 e. The Kier molecular flexibility index (Phi) is 6.32. The summed E-state index contributed by atoms with van der Waals surface area (Å²) < 4.78 is 0. The highest BCUT2D eigenvalue weighted by atomic mass is 16.4. The summed E-state index contributed by atoms with van der Waals surface area (Å²) in [5.74, 6) is 0. The molecule has 12 heavy (non-hydrogen) atoms. The fourth-order valence-corrected chi connectivity index (χ4v) is 0.705. The van der Waals surface area contributed by atoms with Crippen molar-refractivity contribution >= 4 is 7.12 Å².